The first-order valence-corrected chi connectivity index (χ1v) is 18.6. The highest BCUT2D eigenvalue weighted by atomic mass is 32.1. The van der Waals surface area contributed by atoms with Gasteiger partial charge < -0.3 is 4.42 Å². The number of rotatable bonds is 4. The van der Waals surface area contributed by atoms with Gasteiger partial charge in [0.2, 0.25) is 0 Å². The maximum absolute atomic E-state index is 6.80. The number of benzene rings is 9. The van der Waals surface area contributed by atoms with Gasteiger partial charge in [-0.15, -0.1) is 11.3 Å². The molecule has 11 rings (SSSR count). The Hall–Kier alpha value is -6.48. The Kier molecular flexibility index (Phi) is 6.49. The standard InChI is InChI=1S/C50H30OS/c1-2-15-31(16-3-1)45-32-17-4-6-19-34(32)46(35-20-7-5-18-33(35)45)40-25-12-27-42-49(40)50-41(26-13-28-43(50)51-42)47-36-21-8-10-23-38(36)48(44-29-14-30-52-44)39-24-11-9-22-37(39)47/h1-30H. The molecule has 0 aliphatic carbocycles. The van der Waals surface area contributed by atoms with Crippen LogP contribution in [0.5, 0.6) is 0 Å². The number of thiophene rings is 1. The molecule has 0 radical (unpaired) electrons. The van der Waals surface area contributed by atoms with Crippen LogP contribution in [0.2, 0.25) is 0 Å². The van der Waals surface area contributed by atoms with Gasteiger partial charge in [0, 0.05) is 21.2 Å². The second-order valence-electron chi connectivity index (χ2n) is 13.5. The van der Waals surface area contributed by atoms with Crippen molar-refractivity contribution >= 4 is 76.4 Å². The van der Waals surface area contributed by atoms with Crippen molar-refractivity contribution in [2.75, 3.05) is 0 Å². The summed E-state index contributed by atoms with van der Waals surface area (Å²) in [4.78, 5) is 1.28. The Morgan fingerprint density at radius 1 is 0.308 bits per heavy atom. The van der Waals surface area contributed by atoms with Crippen LogP contribution in [0, 0.1) is 0 Å². The number of fused-ring (bicyclic) bond motifs is 7. The zero-order valence-corrected chi connectivity index (χ0v) is 29.0. The minimum absolute atomic E-state index is 0.893. The SMILES string of the molecule is c1ccc(-c2c3ccccc3c(-c3cccc4oc5cccc(-c6c7ccccc7c(-c7cccs7)c7ccccc67)c5c34)c3ccccc23)cc1. The summed E-state index contributed by atoms with van der Waals surface area (Å²) < 4.78 is 6.80. The Bertz CT molecular complexity index is 3050. The summed E-state index contributed by atoms with van der Waals surface area (Å²) in [6.45, 7) is 0. The summed E-state index contributed by atoms with van der Waals surface area (Å²) >= 11 is 1.80. The third kappa shape index (κ3) is 4.22. The van der Waals surface area contributed by atoms with Crippen LogP contribution >= 0.6 is 11.3 Å². The van der Waals surface area contributed by atoms with E-state index < -0.39 is 0 Å². The molecule has 11 aromatic rings. The molecule has 0 amide bonds. The van der Waals surface area contributed by atoms with Crippen LogP contribution in [0.4, 0.5) is 0 Å². The molecule has 0 aliphatic heterocycles. The lowest BCUT2D eigenvalue weighted by Gasteiger charge is -2.19. The van der Waals surface area contributed by atoms with E-state index >= 15 is 0 Å². The second-order valence-corrected chi connectivity index (χ2v) is 14.4. The molecule has 0 spiro atoms. The molecular formula is C50H30OS. The van der Waals surface area contributed by atoms with Gasteiger partial charge in [-0.25, -0.2) is 0 Å². The van der Waals surface area contributed by atoms with Crippen molar-refractivity contribution in [3.05, 3.63) is 181 Å². The Labute approximate surface area is 304 Å². The molecule has 52 heavy (non-hydrogen) atoms. The van der Waals surface area contributed by atoms with Gasteiger partial charge >= 0.3 is 0 Å². The highest BCUT2D eigenvalue weighted by Crippen LogP contribution is 2.51. The van der Waals surface area contributed by atoms with E-state index in [0.717, 1.165) is 21.9 Å². The van der Waals surface area contributed by atoms with Crippen molar-refractivity contribution in [2.24, 2.45) is 0 Å². The van der Waals surface area contributed by atoms with Crippen LogP contribution in [-0.4, -0.2) is 0 Å². The van der Waals surface area contributed by atoms with Crippen LogP contribution < -0.4 is 0 Å². The fourth-order valence-electron chi connectivity index (χ4n) is 8.72. The van der Waals surface area contributed by atoms with E-state index in [1.807, 2.05) is 0 Å². The largest absolute Gasteiger partial charge is 0.456 e. The first-order chi connectivity index (χ1) is 25.8. The molecule has 0 fully saturated rings. The first kappa shape index (κ1) is 29.3. The number of hydrogen-bond acceptors (Lipinski definition) is 2. The first-order valence-electron chi connectivity index (χ1n) is 17.8. The average molecular weight is 679 g/mol. The molecule has 1 nitrogen and oxygen atoms in total. The molecule has 0 unspecified atom stereocenters. The number of furan rings is 1. The molecule has 0 saturated carbocycles. The zero-order chi connectivity index (χ0) is 34.2. The highest BCUT2D eigenvalue weighted by molar-refractivity contribution is 7.13. The minimum atomic E-state index is 0.893. The smallest absolute Gasteiger partial charge is 0.136 e. The van der Waals surface area contributed by atoms with Crippen molar-refractivity contribution in [2.45, 2.75) is 0 Å². The maximum atomic E-state index is 6.80. The number of hydrogen-bond donors (Lipinski definition) is 0. The lowest BCUT2D eigenvalue weighted by atomic mass is 9.83. The van der Waals surface area contributed by atoms with Gasteiger partial charge in [-0.3, -0.25) is 0 Å². The summed E-state index contributed by atoms with van der Waals surface area (Å²) in [5, 5.41) is 14.4. The van der Waals surface area contributed by atoms with E-state index in [9.17, 15) is 0 Å². The summed E-state index contributed by atoms with van der Waals surface area (Å²) in [5.41, 5.74) is 10.4. The van der Waals surface area contributed by atoms with Crippen molar-refractivity contribution in [1.82, 2.24) is 0 Å². The summed E-state index contributed by atoms with van der Waals surface area (Å²) in [7, 11) is 0. The normalized spacial score (nSPS) is 11.8. The average Bonchev–Trinajstić information content (AvgIpc) is 3.88. The summed E-state index contributed by atoms with van der Waals surface area (Å²) in [6, 6.07) is 63.9. The molecule has 0 aliphatic rings. The van der Waals surface area contributed by atoms with Gasteiger partial charge in [0.1, 0.15) is 11.2 Å². The Morgan fingerprint density at radius 3 is 1.13 bits per heavy atom. The van der Waals surface area contributed by atoms with Crippen molar-refractivity contribution in [1.29, 1.82) is 0 Å². The van der Waals surface area contributed by atoms with E-state index in [2.05, 4.69) is 181 Å². The molecule has 2 heteroatoms. The predicted molar refractivity (Wildman–Crippen MR) is 223 cm³/mol. The molecule has 2 heterocycles. The van der Waals surface area contributed by atoms with Gasteiger partial charge in [-0.2, -0.15) is 0 Å². The fourth-order valence-corrected chi connectivity index (χ4v) is 9.52. The van der Waals surface area contributed by atoms with Crippen LogP contribution in [0.25, 0.3) is 109 Å². The molecule has 242 valence electrons. The summed E-state index contributed by atoms with van der Waals surface area (Å²) in [5.74, 6) is 0. The van der Waals surface area contributed by atoms with Gasteiger partial charge in [-0.1, -0.05) is 158 Å². The zero-order valence-electron chi connectivity index (χ0n) is 28.1. The monoisotopic (exact) mass is 678 g/mol. The lowest BCUT2D eigenvalue weighted by Crippen LogP contribution is -1.92. The third-order valence-electron chi connectivity index (χ3n) is 10.8. The minimum Gasteiger partial charge on any atom is -0.456 e. The molecule has 0 saturated heterocycles. The quantitative estimate of drug-likeness (QED) is 0.169. The topological polar surface area (TPSA) is 13.1 Å². The lowest BCUT2D eigenvalue weighted by molar-refractivity contribution is 0.669. The van der Waals surface area contributed by atoms with Crippen molar-refractivity contribution in [3.63, 3.8) is 0 Å². The molecular weight excluding hydrogens is 649 g/mol. The van der Waals surface area contributed by atoms with Crippen LogP contribution in [0.15, 0.2) is 186 Å². The third-order valence-corrected chi connectivity index (χ3v) is 11.6. The molecule has 2 aromatic heterocycles. The Morgan fingerprint density at radius 2 is 0.712 bits per heavy atom. The van der Waals surface area contributed by atoms with Crippen molar-refractivity contribution < 1.29 is 4.42 Å². The van der Waals surface area contributed by atoms with Gasteiger partial charge in [0.15, 0.2) is 0 Å². The van der Waals surface area contributed by atoms with Crippen LogP contribution in [0.3, 0.4) is 0 Å². The second kappa shape index (κ2) is 11.5. The van der Waals surface area contributed by atoms with Crippen LogP contribution in [0.1, 0.15) is 0 Å². The van der Waals surface area contributed by atoms with Gasteiger partial charge in [-0.05, 0) is 100 Å². The van der Waals surface area contributed by atoms with Crippen LogP contribution in [-0.2, 0) is 0 Å². The van der Waals surface area contributed by atoms with E-state index in [0.29, 0.717) is 0 Å². The van der Waals surface area contributed by atoms with E-state index in [-0.39, 0.29) is 0 Å². The van der Waals surface area contributed by atoms with Crippen molar-refractivity contribution in [3.8, 4) is 43.8 Å². The van der Waals surface area contributed by atoms with Gasteiger partial charge in [0.25, 0.3) is 0 Å². The highest BCUT2D eigenvalue weighted by Gasteiger charge is 2.24. The summed E-state index contributed by atoms with van der Waals surface area (Å²) in [6.07, 6.45) is 0. The Balaban J connectivity index is 1.30. The molecule has 9 aromatic carbocycles. The predicted octanol–water partition coefficient (Wildman–Crippen LogP) is 14.9. The maximum Gasteiger partial charge on any atom is 0.136 e. The molecule has 0 atom stereocenters. The van der Waals surface area contributed by atoms with E-state index in [1.165, 1.54) is 86.9 Å². The molecule has 0 N–H and O–H groups in total. The van der Waals surface area contributed by atoms with Gasteiger partial charge in [0.05, 0.1) is 0 Å². The fraction of sp³-hybridized carbons (Fsp3) is 0. The van der Waals surface area contributed by atoms with E-state index in [1.54, 1.807) is 11.3 Å². The molecule has 0 bridgehead atoms. The van der Waals surface area contributed by atoms with E-state index in [4.69, 9.17) is 4.42 Å².